The molecule has 0 unspecified atom stereocenters. The van der Waals surface area contributed by atoms with E-state index in [4.69, 9.17) is 5.26 Å². The van der Waals surface area contributed by atoms with Gasteiger partial charge in [0.2, 0.25) is 0 Å². The number of benzene rings is 1. The average Bonchev–Trinajstić information content (AvgIpc) is 2.39. The van der Waals surface area contributed by atoms with Crippen molar-refractivity contribution < 1.29 is 13.2 Å². The van der Waals surface area contributed by atoms with Crippen molar-refractivity contribution in [3.8, 4) is 6.07 Å². The molecule has 0 spiro atoms. The molecule has 0 fully saturated rings. The standard InChI is InChI=1S/C12H6F3N3S/c13-12(14,15)9-1-2-10(8(5-9)6-16)19-11-7-17-3-4-18-11/h1-5,7H. The molecule has 0 aliphatic carbocycles. The second kappa shape index (κ2) is 5.28. The van der Waals surface area contributed by atoms with Crippen molar-refractivity contribution in [3.63, 3.8) is 0 Å². The summed E-state index contributed by atoms with van der Waals surface area (Å²) in [5.74, 6) is 0. The second-order valence-electron chi connectivity index (χ2n) is 3.47. The third kappa shape index (κ3) is 3.23. The van der Waals surface area contributed by atoms with Crippen molar-refractivity contribution in [1.29, 1.82) is 5.26 Å². The van der Waals surface area contributed by atoms with E-state index in [0.717, 1.165) is 23.9 Å². The normalized spacial score (nSPS) is 11.1. The highest BCUT2D eigenvalue weighted by Crippen LogP contribution is 2.34. The van der Waals surface area contributed by atoms with Gasteiger partial charge in [-0.05, 0) is 18.2 Å². The van der Waals surface area contributed by atoms with E-state index in [-0.39, 0.29) is 5.56 Å². The fraction of sp³-hybridized carbons (Fsp3) is 0.0833. The highest BCUT2D eigenvalue weighted by molar-refractivity contribution is 7.99. The summed E-state index contributed by atoms with van der Waals surface area (Å²) in [4.78, 5) is 8.25. The van der Waals surface area contributed by atoms with E-state index >= 15 is 0 Å². The van der Waals surface area contributed by atoms with Crippen LogP contribution in [0.3, 0.4) is 0 Å². The zero-order valence-corrected chi connectivity index (χ0v) is 10.2. The van der Waals surface area contributed by atoms with Gasteiger partial charge in [0.15, 0.2) is 0 Å². The molecule has 0 aliphatic heterocycles. The number of hydrogen-bond donors (Lipinski definition) is 0. The van der Waals surface area contributed by atoms with Crippen molar-refractivity contribution in [2.75, 3.05) is 0 Å². The smallest absolute Gasteiger partial charge is 0.260 e. The predicted molar refractivity (Wildman–Crippen MR) is 62.3 cm³/mol. The van der Waals surface area contributed by atoms with Gasteiger partial charge in [-0.1, -0.05) is 11.8 Å². The van der Waals surface area contributed by atoms with E-state index in [1.54, 1.807) is 6.07 Å². The molecule has 2 rings (SSSR count). The lowest BCUT2D eigenvalue weighted by molar-refractivity contribution is -0.137. The quantitative estimate of drug-likeness (QED) is 0.845. The summed E-state index contributed by atoms with van der Waals surface area (Å²) < 4.78 is 37.6. The predicted octanol–water partition coefficient (Wildman–Crippen LogP) is 3.52. The monoisotopic (exact) mass is 281 g/mol. The third-order valence-electron chi connectivity index (χ3n) is 2.18. The first-order valence-corrected chi connectivity index (χ1v) is 5.87. The molecule has 0 bridgehead atoms. The first-order valence-electron chi connectivity index (χ1n) is 5.06. The van der Waals surface area contributed by atoms with Crippen molar-refractivity contribution in [3.05, 3.63) is 47.9 Å². The van der Waals surface area contributed by atoms with Crippen LogP contribution in [-0.2, 0) is 6.18 Å². The minimum atomic E-state index is -4.46. The zero-order chi connectivity index (χ0) is 13.9. The minimum Gasteiger partial charge on any atom is -0.260 e. The highest BCUT2D eigenvalue weighted by Gasteiger charge is 2.31. The van der Waals surface area contributed by atoms with Crippen LogP contribution in [-0.4, -0.2) is 9.97 Å². The van der Waals surface area contributed by atoms with Crippen LogP contribution in [0.4, 0.5) is 13.2 Å². The summed E-state index contributed by atoms with van der Waals surface area (Å²) in [6.07, 6.45) is -0.0225. The molecule has 0 aliphatic rings. The third-order valence-corrected chi connectivity index (χ3v) is 3.18. The Labute approximate surface area is 111 Å². The van der Waals surface area contributed by atoms with Crippen LogP contribution in [0.2, 0.25) is 0 Å². The van der Waals surface area contributed by atoms with E-state index in [2.05, 4.69) is 9.97 Å². The fourth-order valence-corrected chi connectivity index (χ4v) is 2.14. The van der Waals surface area contributed by atoms with Gasteiger partial charge in [0.05, 0.1) is 17.3 Å². The second-order valence-corrected chi connectivity index (χ2v) is 4.53. The van der Waals surface area contributed by atoms with Gasteiger partial charge in [-0.15, -0.1) is 0 Å². The number of hydrogen-bond acceptors (Lipinski definition) is 4. The van der Waals surface area contributed by atoms with E-state index in [0.29, 0.717) is 9.92 Å². The maximum Gasteiger partial charge on any atom is 0.416 e. The Kier molecular flexibility index (Phi) is 3.71. The van der Waals surface area contributed by atoms with Crippen LogP contribution in [0.5, 0.6) is 0 Å². The first-order chi connectivity index (χ1) is 9.00. The fourth-order valence-electron chi connectivity index (χ4n) is 1.33. The van der Waals surface area contributed by atoms with E-state index in [9.17, 15) is 13.2 Å². The zero-order valence-electron chi connectivity index (χ0n) is 9.35. The Morgan fingerprint density at radius 2 is 2.00 bits per heavy atom. The molecular formula is C12H6F3N3S. The first kappa shape index (κ1) is 13.4. The average molecular weight is 281 g/mol. The van der Waals surface area contributed by atoms with Crippen LogP contribution in [0.1, 0.15) is 11.1 Å². The van der Waals surface area contributed by atoms with Crippen LogP contribution in [0.15, 0.2) is 46.7 Å². The Morgan fingerprint density at radius 3 is 2.58 bits per heavy atom. The van der Waals surface area contributed by atoms with E-state index in [1.165, 1.54) is 24.7 Å². The van der Waals surface area contributed by atoms with Crippen LogP contribution >= 0.6 is 11.8 Å². The van der Waals surface area contributed by atoms with E-state index in [1.807, 2.05) is 0 Å². The van der Waals surface area contributed by atoms with E-state index < -0.39 is 11.7 Å². The van der Waals surface area contributed by atoms with Gasteiger partial charge in [0, 0.05) is 17.3 Å². The molecule has 1 aromatic carbocycles. The Morgan fingerprint density at radius 1 is 1.21 bits per heavy atom. The topological polar surface area (TPSA) is 49.6 Å². The van der Waals surface area contributed by atoms with Gasteiger partial charge in [0.25, 0.3) is 0 Å². The molecule has 96 valence electrons. The summed E-state index contributed by atoms with van der Waals surface area (Å²) in [6, 6.07) is 4.80. The van der Waals surface area contributed by atoms with Gasteiger partial charge in [-0.3, -0.25) is 4.98 Å². The molecule has 1 aromatic heterocycles. The van der Waals surface area contributed by atoms with Crippen LogP contribution < -0.4 is 0 Å². The van der Waals surface area contributed by atoms with Crippen molar-refractivity contribution in [2.24, 2.45) is 0 Å². The molecule has 0 saturated carbocycles. The maximum absolute atomic E-state index is 12.5. The number of aromatic nitrogens is 2. The largest absolute Gasteiger partial charge is 0.416 e. The molecule has 0 atom stereocenters. The van der Waals surface area contributed by atoms with Gasteiger partial charge < -0.3 is 0 Å². The Balaban J connectivity index is 2.35. The number of halogens is 3. The van der Waals surface area contributed by atoms with Gasteiger partial charge >= 0.3 is 6.18 Å². The molecule has 1 heterocycles. The number of nitrogens with zero attached hydrogens (tertiary/aromatic N) is 3. The lowest BCUT2D eigenvalue weighted by atomic mass is 10.1. The van der Waals surface area contributed by atoms with Crippen molar-refractivity contribution in [1.82, 2.24) is 9.97 Å². The SMILES string of the molecule is N#Cc1cc(C(F)(F)F)ccc1Sc1cnccn1. The number of rotatable bonds is 2. The number of alkyl halides is 3. The van der Waals surface area contributed by atoms with Gasteiger partial charge in [0.1, 0.15) is 11.1 Å². The molecule has 19 heavy (non-hydrogen) atoms. The summed E-state index contributed by atoms with van der Waals surface area (Å²) in [7, 11) is 0. The summed E-state index contributed by atoms with van der Waals surface area (Å²) >= 11 is 1.09. The molecule has 0 amide bonds. The molecule has 2 aromatic rings. The minimum absolute atomic E-state index is 0.0366. The summed E-state index contributed by atoms with van der Waals surface area (Å²) in [5, 5.41) is 9.43. The maximum atomic E-state index is 12.5. The van der Waals surface area contributed by atoms with Crippen LogP contribution in [0.25, 0.3) is 0 Å². The Hall–Kier alpha value is -2.07. The number of nitriles is 1. The molecule has 7 heteroatoms. The highest BCUT2D eigenvalue weighted by atomic mass is 32.2. The van der Waals surface area contributed by atoms with Gasteiger partial charge in [-0.2, -0.15) is 18.4 Å². The molecule has 0 saturated heterocycles. The summed E-state index contributed by atoms with van der Waals surface area (Å²) in [5.41, 5.74) is -0.877. The lowest BCUT2D eigenvalue weighted by Gasteiger charge is -2.09. The van der Waals surface area contributed by atoms with Gasteiger partial charge in [-0.25, -0.2) is 4.98 Å². The van der Waals surface area contributed by atoms with Crippen LogP contribution in [0, 0.1) is 11.3 Å². The lowest BCUT2D eigenvalue weighted by Crippen LogP contribution is -2.05. The summed E-state index contributed by atoms with van der Waals surface area (Å²) in [6.45, 7) is 0. The van der Waals surface area contributed by atoms with Crippen molar-refractivity contribution >= 4 is 11.8 Å². The Bertz CT molecular complexity index is 620. The molecule has 0 radical (unpaired) electrons. The molecular weight excluding hydrogens is 275 g/mol. The van der Waals surface area contributed by atoms with Crippen molar-refractivity contribution in [2.45, 2.75) is 16.1 Å². The molecule has 3 nitrogen and oxygen atoms in total. The molecule has 0 N–H and O–H groups in total.